The second kappa shape index (κ2) is 8.45. The van der Waals surface area contributed by atoms with Gasteiger partial charge in [-0.15, -0.1) is 11.3 Å². The van der Waals surface area contributed by atoms with Gasteiger partial charge in [-0.05, 0) is 49.9 Å². The molecule has 1 aromatic carbocycles. The van der Waals surface area contributed by atoms with Crippen molar-refractivity contribution in [3.8, 4) is 16.3 Å². The highest BCUT2D eigenvalue weighted by Crippen LogP contribution is 2.26. The minimum absolute atomic E-state index is 0.111. The number of nitrogens with one attached hydrogen (secondary N) is 1. The van der Waals surface area contributed by atoms with Gasteiger partial charge in [-0.25, -0.2) is 4.98 Å². The summed E-state index contributed by atoms with van der Waals surface area (Å²) in [5.41, 5.74) is 1.23. The first kappa shape index (κ1) is 19.4. The van der Waals surface area contributed by atoms with Gasteiger partial charge < -0.3 is 15.2 Å². The van der Waals surface area contributed by atoms with E-state index in [1.807, 2.05) is 52.0 Å². The van der Waals surface area contributed by atoms with Crippen molar-refractivity contribution < 1.29 is 14.6 Å². The first-order chi connectivity index (χ1) is 11.8. The Balaban J connectivity index is 2.00. The Hall–Kier alpha value is -1.92. The predicted octanol–water partition coefficient (Wildman–Crippen LogP) is 3.74. The summed E-state index contributed by atoms with van der Waals surface area (Å²) in [6.07, 6.45) is 0.775. The number of hydrogen-bond acceptors (Lipinski definition) is 5. The Kier molecular flexibility index (Phi) is 6.56. The van der Waals surface area contributed by atoms with Gasteiger partial charge >= 0.3 is 0 Å². The van der Waals surface area contributed by atoms with Crippen LogP contribution in [0.5, 0.6) is 5.75 Å². The van der Waals surface area contributed by atoms with E-state index in [-0.39, 0.29) is 24.0 Å². The standard InChI is InChI=1S/C19H26N2O3S/c1-13(2)24-15-7-5-14(6-8-15)18-21-16(11-25-18)17(23)20-12-19(3,4)9-10-22/h5-8,11,13,22H,9-10,12H2,1-4H3,(H,20,23). The summed E-state index contributed by atoms with van der Waals surface area (Å²) in [4.78, 5) is 16.7. The lowest BCUT2D eigenvalue weighted by Gasteiger charge is -2.23. The van der Waals surface area contributed by atoms with Gasteiger partial charge in [0, 0.05) is 24.1 Å². The van der Waals surface area contributed by atoms with Crippen molar-refractivity contribution >= 4 is 17.2 Å². The van der Waals surface area contributed by atoms with Crippen molar-refractivity contribution in [2.45, 2.75) is 40.2 Å². The van der Waals surface area contributed by atoms with Gasteiger partial charge in [0.1, 0.15) is 16.5 Å². The quantitative estimate of drug-likeness (QED) is 0.750. The maximum atomic E-state index is 12.3. The van der Waals surface area contributed by atoms with E-state index in [0.29, 0.717) is 18.7 Å². The molecule has 0 fully saturated rings. The molecule has 2 aromatic rings. The summed E-state index contributed by atoms with van der Waals surface area (Å²) in [5.74, 6) is 0.632. The van der Waals surface area contributed by atoms with Gasteiger partial charge in [-0.2, -0.15) is 0 Å². The van der Waals surface area contributed by atoms with Crippen LogP contribution in [-0.4, -0.2) is 35.3 Å². The monoisotopic (exact) mass is 362 g/mol. The van der Waals surface area contributed by atoms with Crippen LogP contribution in [0.4, 0.5) is 0 Å². The number of hydrogen-bond donors (Lipinski definition) is 2. The van der Waals surface area contributed by atoms with E-state index in [4.69, 9.17) is 9.84 Å². The molecule has 0 aliphatic rings. The lowest BCUT2D eigenvalue weighted by molar-refractivity contribution is 0.0924. The maximum absolute atomic E-state index is 12.3. The Bertz CT molecular complexity index is 693. The van der Waals surface area contributed by atoms with Crippen molar-refractivity contribution in [2.75, 3.05) is 13.2 Å². The molecular formula is C19H26N2O3S. The maximum Gasteiger partial charge on any atom is 0.270 e. The summed E-state index contributed by atoms with van der Waals surface area (Å²) in [6.45, 7) is 8.61. The fourth-order valence-electron chi connectivity index (χ4n) is 2.26. The molecule has 2 N–H and O–H groups in total. The number of nitrogens with zero attached hydrogens (tertiary/aromatic N) is 1. The minimum Gasteiger partial charge on any atom is -0.491 e. The zero-order chi connectivity index (χ0) is 18.4. The molecule has 1 heterocycles. The Morgan fingerprint density at radius 1 is 1.32 bits per heavy atom. The molecule has 136 valence electrons. The minimum atomic E-state index is -0.187. The van der Waals surface area contributed by atoms with Crippen LogP contribution in [-0.2, 0) is 0 Å². The first-order valence-electron chi connectivity index (χ1n) is 8.42. The number of rotatable bonds is 8. The van der Waals surface area contributed by atoms with Gasteiger partial charge in [0.25, 0.3) is 5.91 Å². The van der Waals surface area contributed by atoms with Crippen LogP contribution < -0.4 is 10.1 Å². The van der Waals surface area contributed by atoms with E-state index in [1.165, 1.54) is 11.3 Å². The number of aromatic nitrogens is 1. The number of aliphatic hydroxyl groups excluding tert-OH is 1. The average Bonchev–Trinajstić information content (AvgIpc) is 3.03. The summed E-state index contributed by atoms with van der Waals surface area (Å²) in [6, 6.07) is 7.72. The molecule has 0 unspecified atom stereocenters. The molecule has 6 heteroatoms. The molecule has 0 saturated heterocycles. The first-order valence-corrected chi connectivity index (χ1v) is 9.30. The van der Waals surface area contributed by atoms with E-state index in [1.54, 1.807) is 5.38 Å². The number of ether oxygens (including phenoxy) is 1. The lowest BCUT2D eigenvalue weighted by Crippen LogP contribution is -2.34. The highest BCUT2D eigenvalue weighted by atomic mass is 32.1. The number of amides is 1. The van der Waals surface area contributed by atoms with Crippen molar-refractivity contribution in [3.05, 3.63) is 35.3 Å². The van der Waals surface area contributed by atoms with Crippen LogP contribution in [0.2, 0.25) is 0 Å². The molecule has 0 atom stereocenters. The van der Waals surface area contributed by atoms with Crippen LogP contribution in [0, 0.1) is 5.41 Å². The molecule has 0 spiro atoms. The smallest absolute Gasteiger partial charge is 0.270 e. The molecule has 1 aromatic heterocycles. The lowest BCUT2D eigenvalue weighted by atomic mass is 9.90. The average molecular weight is 362 g/mol. The van der Waals surface area contributed by atoms with Gasteiger partial charge in [-0.1, -0.05) is 13.8 Å². The zero-order valence-corrected chi connectivity index (χ0v) is 16.0. The highest BCUT2D eigenvalue weighted by molar-refractivity contribution is 7.13. The summed E-state index contributed by atoms with van der Waals surface area (Å²) >= 11 is 1.44. The molecule has 2 rings (SSSR count). The molecular weight excluding hydrogens is 336 g/mol. The Labute approximate surface area is 153 Å². The van der Waals surface area contributed by atoms with Crippen LogP contribution in [0.1, 0.15) is 44.6 Å². The molecule has 0 aliphatic heterocycles. The summed E-state index contributed by atoms with van der Waals surface area (Å²) in [5, 5.41) is 14.5. The van der Waals surface area contributed by atoms with Gasteiger partial charge in [-0.3, -0.25) is 4.79 Å². The van der Waals surface area contributed by atoms with E-state index in [0.717, 1.165) is 16.3 Å². The fourth-order valence-corrected chi connectivity index (χ4v) is 3.07. The van der Waals surface area contributed by atoms with E-state index in [2.05, 4.69) is 10.3 Å². The molecule has 0 aliphatic carbocycles. The Morgan fingerprint density at radius 3 is 2.60 bits per heavy atom. The van der Waals surface area contributed by atoms with Crippen LogP contribution in [0.25, 0.3) is 10.6 Å². The highest BCUT2D eigenvalue weighted by Gasteiger charge is 2.19. The van der Waals surface area contributed by atoms with Gasteiger partial charge in [0.15, 0.2) is 0 Å². The van der Waals surface area contributed by atoms with Crippen molar-refractivity contribution in [3.63, 3.8) is 0 Å². The Morgan fingerprint density at radius 2 is 2.00 bits per heavy atom. The number of benzene rings is 1. The predicted molar refractivity (Wildman–Crippen MR) is 101 cm³/mol. The van der Waals surface area contributed by atoms with Crippen molar-refractivity contribution in [1.29, 1.82) is 0 Å². The fraction of sp³-hybridized carbons (Fsp3) is 0.474. The third kappa shape index (κ3) is 5.83. The van der Waals surface area contributed by atoms with Crippen molar-refractivity contribution in [1.82, 2.24) is 10.3 Å². The summed E-state index contributed by atoms with van der Waals surface area (Å²) in [7, 11) is 0. The van der Waals surface area contributed by atoms with E-state index < -0.39 is 0 Å². The van der Waals surface area contributed by atoms with Crippen LogP contribution in [0.3, 0.4) is 0 Å². The third-order valence-electron chi connectivity index (χ3n) is 3.73. The van der Waals surface area contributed by atoms with E-state index in [9.17, 15) is 4.79 Å². The van der Waals surface area contributed by atoms with Gasteiger partial charge in [0.2, 0.25) is 0 Å². The molecule has 1 amide bonds. The molecule has 0 bridgehead atoms. The normalized spacial score (nSPS) is 11.6. The second-order valence-corrected chi connectivity index (χ2v) is 7.91. The topological polar surface area (TPSA) is 71.5 Å². The molecule has 0 saturated carbocycles. The number of carbonyl (C=O) groups excluding carboxylic acids is 1. The number of carbonyl (C=O) groups is 1. The molecule has 5 nitrogen and oxygen atoms in total. The largest absolute Gasteiger partial charge is 0.491 e. The number of aliphatic hydroxyl groups is 1. The summed E-state index contributed by atoms with van der Waals surface area (Å²) < 4.78 is 5.63. The van der Waals surface area contributed by atoms with Crippen molar-refractivity contribution in [2.24, 2.45) is 5.41 Å². The SMILES string of the molecule is CC(C)Oc1ccc(-c2nc(C(=O)NCC(C)(C)CCO)cs2)cc1. The van der Waals surface area contributed by atoms with Crippen LogP contribution in [0.15, 0.2) is 29.6 Å². The van der Waals surface area contributed by atoms with Gasteiger partial charge in [0.05, 0.1) is 6.10 Å². The zero-order valence-electron chi connectivity index (χ0n) is 15.2. The van der Waals surface area contributed by atoms with E-state index >= 15 is 0 Å². The third-order valence-corrected chi connectivity index (χ3v) is 4.62. The van der Waals surface area contributed by atoms with Crippen LogP contribution >= 0.6 is 11.3 Å². The molecule has 25 heavy (non-hydrogen) atoms. The molecule has 0 radical (unpaired) electrons. The second-order valence-electron chi connectivity index (χ2n) is 7.05. The number of thiazole rings is 1.